The molecule has 0 amide bonds. The van der Waals surface area contributed by atoms with Crippen LogP contribution in [0.1, 0.15) is 80.5 Å². The molecule has 0 fully saturated rings. The van der Waals surface area contributed by atoms with E-state index in [-0.39, 0.29) is 37.0 Å². The van der Waals surface area contributed by atoms with Crippen LogP contribution in [0.3, 0.4) is 0 Å². The Hall–Kier alpha value is 0.430. The van der Waals surface area contributed by atoms with Crippen molar-refractivity contribution in [3.05, 3.63) is 0 Å². The molecular weight excluding hydrogens is 263 g/mol. The zero-order valence-corrected chi connectivity index (χ0v) is 16.5. The molecule has 0 heterocycles. The van der Waals surface area contributed by atoms with E-state index < -0.39 is 0 Å². The Morgan fingerprint density at radius 2 is 1.30 bits per heavy atom. The molecule has 0 rings (SSSR count). The fraction of sp³-hybridized carbons (Fsp3) is 0.938. The summed E-state index contributed by atoms with van der Waals surface area (Å²) in [6, 6.07) is 0. The van der Waals surface area contributed by atoms with Gasteiger partial charge in [-0.3, -0.25) is 4.79 Å². The third-order valence-corrected chi connectivity index (χ3v) is 2.71. The first-order valence-electron chi connectivity index (χ1n) is 7.90. The zero-order valence-electron chi connectivity index (χ0n) is 15.5. The summed E-state index contributed by atoms with van der Waals surface area (Å²) in [6.07, 6.45) is 10.2. The largest absolute Gasteiger partial charge is 1.00 e. The van der Waals surface area contributed by atoms with Gasteiger partial charge in [0.1, 0.15) is 0 Å². The summed E-state index contributed by atoms with van der Waals surface area (Å²) in [5.74, 6) is -0.159. The molecule has 4 heteroatoms. The molecule has 0 bridgehead atoms. The number of hydrogen-bond acceptors (Lipinski definition) is 3. The summed E-state index contributed by atoms with van der Waals surface area (Å²) in [4.78, 5) is 10.4. The van der Waals surface area contributed by atoms with Crippen LogP contribution in [0.2, 0.25) is 0 Å². The Bertz CT molecular complexity index is 179. The predicted molar refractivity (Wildman–Crippen MR) is 82.5 cm³/mol. The second kappa shape index (κ2) is 24.4. The van der Waals surface area contributed by atoms with Gasteiger partial charge in [0.2, 0.25) is 0 Å². The van der Waals surface area contributed by atoms with Crippen molar-refractivity contribution in [3.8, 4) is 0 Å². The molecule has 0 aliphatic carbocycles. The molecular formula is C16H35NaO3. The van der Waals surface area contributed by atoms with Crippen molar-refractivity contribution in [1.82, 2.24) is 0 Å². The van der Waals surface area contributed by atoms with Gasteiger partial charge in [0.05, 0.1) is 6.61 Å². The molecule has 0 aliphatic rings. The average molecular weight is 298 g/mol. The Kier molecular flexibility index (Phi) is 31.0. The quantitative estimate of drug-likeness (QED) is 0.332. The van der Waals surface area contributed by atoms with Crippen LogP contribution in [0.4, 0.5) is 0 Å². The van der Waals surface area contributed by atoms with Gasteiger partial charge >= 0.3 is 35.5 Å². The summed E-state index contributed by atoms with van der Waals surface area (Å²) in [5.41, 5.74) is 0. The molecule has 0 radical (unpaired) electrons. The summed E-state index contributed by atoms with van der Waals surface area (Å²) in [6.45, 7) is 9.97. The van der Waals surface area contributed by atoms with E-state index in [0.717, 1.165) is 19.6 Å². The third-order valence-electron chi connectivity index (χ3n) is 2.71. The Morgan fingerprint density at radius 3 is 1.65 bits per heavy atom. The van der Waals surface area contributed by atoms with E-state index >= 15 is 0 Å². The van der Waals surface area contributed by atoms with Gasteiger partial charge in [0, 0.05) is 20.1 Å². The van der Waals surface area contributed by atoms with Crippen molar-refractivity contribution in [2.24, 2.45) is 0 Å². The Labute approximate surface area is 150 Å². The maximum atomic E-state index is 10.4. The second-order valence-electron chi connectivity index (χ2n) is 4.60. The minimum atomic E-state index is -0.159. The molecule has 0 saturated heterocycles. The molecule has 0 N–H and O–H groups in total. The molecule has 3 nitrogen and oxygen atoms in total. The van der Waals surface area contributed by atoms with Crippen LogP contribution in [-0.2, 0) is 14.3 Å². The molecule has 0 saturated carbocycles. The van der Waals surface area contributed by atoms with Gasteiger partial charge in [-0.25, -0.2) is 0 Å². The number of hydrogen-bond donors (Lipinski definition) is 0. The summed E-state index contributed by atoms with van der Waals surface area (Å²) < 4.78 is 9.68. The van der Waals surface area contributed by atoms with Crippen LogP contribution in [0.25, 0.3) is 0 Å². The number of rotatable bonds is 11. The molecule has 0 atom stereocenters. The molecule has 20 heavy (non-hydrogen) atoms. The topological polar surface area (TPSA) is 35.5 Å². The van der Waals surface area contributed by atoms with Crippen LogP contribution in [-0.4, -0.2) is 25.8 Å². The van der Waals surface area contributed by atoms with E-state index in [1.54, 1.807) is 0 Å². The first kappa shape index (κ1) is 25.4. The SMILES string of the molecule is CCCCCCCCCCOC(C)=O.CCOCC.[H-].[Na+]. The normalized spacial score (nSPS) is 9.20. The van der Waals surface area contributed by atoms with Gasteiger partial charge < -0.3 is 10.9 Å². The standard InChI is InChI=1S/C12H24O2.C4H10O.Na.H/c1-3-4-5-6-7-8-9-10-11-14-12(2)13;1-3-5-4-2;;/h3-11H2,1-2H3;3-4H2,1-2H3;;/q;;+1;-1. The van der Waals surface area contributed by atoms with Crippen LogP contribution in [0.15, 0.2) is 0 Å². The summed E-state index contributed by atoms with van der Waals surface area (Å²) >= 11 is 0. The van der Waals surface area contributed by atoms with E-state index in [9.17, 15) is 4.79 Å². The van der Waals surface area contributed by atoms with E-state index in [1.165, 1.54) is 51.9 Å². The average Bonchev–Trinajstić information content (AvgIpc) is 2.38. The molecule has 0 aromatic rings. The van der Waals surface area contributed by atoms with Crippen molar-refractivity contribution in [1.29, 1.82) is 0 Å². The Morgan fingerprint density at radius 1 is 0.850 bits per heavy atom. The van der Waals surface area contributed by atoms with Gasteiger partial charge in [-0.15, -0.1) is 0 Å². The monoisotopic (exact) mass is 298 g/mol. The van der Waals surface area contributed by atoms with E-state index in [0.29, 0.717) is 6.61 Å². The van der Waals surface area contributed by atoms with Crippen molar-refractivity contribution >= 4 is 5.97 Å². The molecule has 0 aromatic heterocycles. The molecule has 0 aliphatic heterocycles. The predicted octanol–water partition coefficient (Wildman–Crippen LogP) is 1.85. The first-order valence-corrected chi connectivity index (χ1v) is 7.90. The van der Waals surface area contributed by atoms with Crippen molar-refractivity contribution in [2.45, 2.75) is 79.1 Å². The van der Waals surface area contributed by atoms with Gasteiger partial charge in [0.25, 0.3) is 0 Å². The molecule has 118 valence electrons. The van der Waals surface area contributed by atoms with E-state index in [4.69, 9.17) is 9.47 Å². The molecule has 0 aromatic carbocycles. The molecule has 0 unspecified atom stereocenters. The van der Waals surface area contributed by atoms with Gasteiger partial charge in [-0.1, -0.05) is 51.9 Å². The van der Waals surface area contributed by atoms with Crippen LogP contribution < -0.4 is 29.6 Å². The Balaban J connectivity index is -0.000000179. The van der Waals surface area contributed by atoms with Crippen LogP contribution in [0.5, 0.6) is 0 Å². The van der Waals surface area contributed by atoms with Crippen LogP contribution in [0, 0.1) is 0 Å². The minimum absolute atomic E-state index is 0. The number of esters is 1. The fourth-order valence-corrected chi connectivity index (χ4v) is 1.66. The van der Waals surface area contributed by atoms with Gasteiger partial charge in [-0.2, -0.15) is 0 Å². The van der Waals surface area contributed by atoms with Crippen molar-refractivity contribution in [3.63, 3.8) is 0 Å². The summed E-state index contributed by atoms with van der Waals surface area (Å²) in [7, 11) is 0. The zero-order chi connectivity index (χ0) is 14.8. The second-order valence-corrected chi connectivity index (χ2v) is 4.60. The number of ether oxygens (including phenoxy) is 2. The maximum absolute atomic E-state index is 10.4. The van der Waals surface area contributed by atoms with E-state index in [2.05, 4.69) is 6.92 Å². The van der Waals surface area contributed by atoms with E-state index in [1.807, 2.05) is 13.8 Å². The van der Waals surface area contributed by atoms with Crippen LogP contribution >= 0.6 is 0 Å². The minimum Gasteiger partial charge on any atom is -1.00 e. The third kappa shape index (κ3) is 31.0. The van der Waals surface area contributed by atoms with Gasteiger partial charge in [-0.05, 0) is 20.3 Å². The fourth-order valence-electron chi connectivity index (χ4n) is 1.66. The number of carbonyl (C=O) groups is 1. The summed E-state index contributed by atoms with van der Waals surface area (Å²) in [5, 5.41) is 0. The number of carbonyl (C=O) groups excluding carboxylic acids is 1. The van der Waals surface area contributed by atoms with Gasteiger partial charge in [0.15, 0.2) is 0 Å². The van der Waals surface area contributed by atoms with Crippen molar-refractivity contribution in [2.75, 3.05) is 19.8 Å². The maximum Gasteiger partial charge on any atom is 1.00 e. The molecule has 0 spiro atoms. The smallest absolute Gasteiger partial charge is 1.00 e. The van der Waals surface area contributed by atoms with Crippen molar-refractivity contribution < 1.29 is 45.3 Å². The number of unbranched alkanes of at least 4 members (excludes halogenated alkanes) is 7. The first-order chi connectivity index (χ1) is 9.18.